The van der Waals surface area contributed by atoms with Gasteiger partial charge in [0, 0.05) is 19.3 Å². The summed E-state index contributed by atoms with van der Waals surface area (Å²) in [6.45, 7) is 3.95. The van der Waals surface area contributed by atoms with Gasteiger partial charge in [0.25, 0.3) is 0 Å². The number of rotatable bonds is 3. The third-order valence-electron chi connectivity index (χ3n) is 3.52. The van der Waals surface area contributed by atoms with Gasteiger partial charge in [-0.1, -0.05) is 33.1 Å². The maximum Gasteiger partial charge on any atom is 0.347 e. The number of carbonyl (C=O) groups excluding carboxylic acids is 2. The van der Waals surface area contributed by atoms with E-state index in [9.17, 15) is 9.59 Å². The van der Waals surface area contributed by atoms with Crippen molar-refractivity contribution < 1.29 is 14.3 Å². The summed E-state index contributed by atoms with van der Waals surface area (Å²) in [4.78, 5) is 29.0. The molecule has 2 N–H and O–H groups in total. The van der Waals surface area contributed by atoms with E-state index in [0.717, 1.165) is 25.7 Å². The number of hydrogen-bond acceptors (Lipinski definition) is 4. The van der Waals surface area contributed by atoms with Crippen molar-refractivity contribution in [3.63, 3.8) is 0 Å². The van der Waals surface area contributed by atoms with Crippen molar-refractivity contribution in [1.29, 1.82) is 0 Å². The first-order chi connectivity index (χ1) is 11.4. The first-order valence-corrected chi connectivity index (χ1v) is 9.45. The Balaban J connectivity index is 2.69. The lowest BCUT2D eigenvalue weighted by molar-refractivity contribution is 0.146. The van der Waals surface area contributed by atoms with Crippen molar-refractivity contribution in [3.05, 3.63) is 0 Å². The van der Waals surface area contributed by atoms with Crippen LogP contribution in [0.5, 0.6) is 0 Å². The van der Waals surface area contributed by atoms with E-state index in [1.54, 1.807) is 14.1 Å². The highest BCUT2D eigenvalue weighted by molar-refractivity contribution is 7.98. The average molecular weight is 359 g/mol. The van der Waals surface area contributed by atoms with Gasteiger partial charge in [0.2, 0.25) is 0 Å². The van der Waals surface area contributed by atoms with E-state index < -0.39 is 12.1 Å². The third kappa shape index (κ3) is 9.00. The van der Waals surface area contributed by atoms with Crippen LogP contribution in [0.1, 0.15) is 58.8 Å². The summed E-state index contributed by atoms with van der Waals surface area (Å²) in [5.74, 6) is 0. The highest BCUT2D eigenvalue weighted by Crippen LogP contribution is 2.19. The molecule has 0 saturated heterocycles. The minimum absolute atomic E-state index is 0.0166. The summed E-state index contributed by atoms with van der Waals surface area (Å²) in [5.41, 5.74) is 0. The van der Waals surface area contributed by atoms with E-state index in [1.165, 1.54) is 36.1 Å². The molecule has 0 aromatic rings. The van der Waals surface area contributed by atoms with Crippen LogP contribution in [0, 0.1) is 0 Å². The lowest BCUT2D eigenvalue weighted by Gasteiger charge is -2.22. The van der Waals surface area contributed by atoms with Gasteiger partial charge in [-0.15, -0.1) is 4.99 Å². The molecule has 0 heterocycles. The number of hydrogen-bond donors (Lipinski definition) is 2. The number of amides is 4. The lowest BCUT2D eigenvalue weighted by atomic mass is 9.99. The highest BCUT2D eigenvalue weighted by Gasteiger charge is 2.18. The molecule has 7 nitrogen and oxygen atoms in total. The summed E-state index contributed by atoms with van der Waals surface area (Å²) in [6.07, 6.45) is 7.66. The molecule has 0 spiro atoms. The van der Waals surface area contributed by atoms with Crippen molar-refractivity contribution in [2.24, 2.45) is 4.99 Å². The van der Waals surface area contributed by atoms with Gasteiger partial charge in [-0.3, -0.25) is 10.0 Å². The average Bonchev–Trinajstić information content (AvgIpc) is 2.47. The van der Waals surface area contributed by atoms with Crippen LogP contribution >= 0.6 is 11.9 Å². The zero-order valence-electron chi connectivity index (χ0n) is 15.1. The molecule has 1 fully saturated rings. The Morgan fingerprint density at radius 2 is 1.71 bits per heavy atom. The Bertz CT molecular complexity index is 433. The van der Waals surface area contributed by atoms with E-state index in [0.29, 0.717) is 0 Å². The molecule has 1 rings (SSSR count). The fourth-order valence-electron chi connectivity index (χ4n) is 2.26. The monoisotopic (exact) mass is 358 g/mol. The second kappa shape index (κ2) is 11.2. The fourth-order valence-corrected chi connectivity index (χ4v) is 2.65. The minimum atomic E-state index is -0.465. The van der Waals surface area contributed by atoms with Crippen molar-refractivity contribution in [1.82, 2.24) is 14.9 Å². The molecule has 8 heteroatoms. The fraction of sp³-hybridized carbons (Fsp3) is 0.812. The summed E-state index contributed by atoms with van der Waals surface area (Å²) in [7, 11) is 3.21. The normalized spacial score (nSPS) is 17.0. The molecule has 0 aromatic carbocycles. The molecule has 1 aliphatic rings. The van der Waals surface area contributed by atoms with Gasteiger partial charge in [-0.25, -0.2) is 9.59 Å². The maximum atomic E-state index is 11.9. The van der Waals surface area contributed by atoms with Gasteiger partial charge in [0.15, 0.2) is 0 Å². The molecule has 0 radical (unpaired) electrons. The van der Waals surface area contributed by atoms with Crippen molar-refractivity contribution in [2.75, 3.05) is 14.1 Å². The molecule has 0 bridgehead atoms. The van der Waals surface area contributed by atoms with Crippen LogP contribution in [-0.4, -0.2) is 48.4 Å². The van der Waals surface area contributed by atoms with Crippen LogP contribution in [0.2, 0.25) is 0 Å². The third-order valence-corrected chi connectivity index (χ3v) is 4.29. The number of carbonyl (C=O) groups is 2. The maximum absolute atomic E-state index is 11.9. The first kappa shape index (κ1) is 20.6. The van der Waals surface area contributed by atoms with Crippen LogP contribution in [0.15, 0.2) is 4.99 Å². The second-order valence-electron chi connectivity index (χ2n) is 6.40. The standard InChI is InChI=1S/C16H30N4O3S/c1-12(2)24-19-14(21)17-15(18-16(22)20(3)4)23-13-10-8-6-5-7-9-11-13/h12-13H,5-11H2,1-4H3,(H2,17,18,19,21,22). The number of nitrogens with one attached hydrogen (secondary N) is 2. The van der Waals surface area contributed by atoms with E-state index in [2.05, 4.69) is 15.0 Å². The quantitative estimate of drug-likeness (QED) is 0.459. The zero-order valence-corrected chi connectivity index (χ0v) is 15.9. The Kier molecular flexibility index (Phi) is 9.59. The Morgan fingerprint density at radius 3 is 2.25 bits per heavy atom. The molecular formula is C16H30N4O3S. The summed E-state index contributed by atoms with van der Waals surface area (Å²) in [6, 6.07) is -0.932. The molecule has 24 heavy (non-hydrogen) atoms. The lowest BCUT2D eigenvalue weighted by Crippen LogP contribution is -2.41. The van der Waals surface area contributed by atoms with Crippen LogP contribution in [0.3, 0.4) is 0 Å². The molecule has 4 amide bonds. The van der Waals surface area contributed by atoms with Gasteiger partial charge in [0.05, 0.1) is 0 Å². The van der Waals surface area contributed by atoms with Crippen LogP contribution in [0.25, 0.3) is 0 Å². The SMILES string of the molecule is CC(C)SNC(=O)NC(=NC(=O)N(C)C)OC1CCCCCCC1. The zero-order chi connectivity index (χ0) is 17.9. The second-order valence-corrected chi connectivity index (χ2v) is 7.78. The summed E-state index contributed by atoms with van der Waals surface area (Å²) in [5, 5.41) is 2.81. The number of amidine groups is 1. The Hall–Kier alpha value is -1.44. The van der Waals surface area contributed by atoms with Crippen LogP contribution in [-0.2, 0) is 4.74 Å². The topological polar surface area (TPSA) is 83.0 Å². The number of urea groups is 2. The molecule has 0 aromatic heterocycles. The summed E-state index contributed by atoms with van der Waals surface area (Å²) < 4.78 is 8.50. The largest absolute Gasteiger partial charge is 0.461 e. The molecule has 0 unspecified atom stereocenters. The Labute approximate surface area is 149 Å². The van der Waals surface area contributed by atoms with Gasteiger partial charge in [-0.2, -0.15) is 0 Å². The van der Waals surface area contributed by atoms with Crippen molar-refractivity contribution >= 4 is 30.0 Å². The highest BCUT2D eigenvalue weighted by atomic mass is 32.2. The first-order valence-electron chi connectivity index (χ1n) is 8.57. The van der Waals surface area contributed by atoms with Crippen molar-refractivity contribution in [2.45, 2.75) is 70.1 Å². The molecular weight excluding hydrogens is 328 g/mol. The van der Waals surface area contributed by atoms with E-state index in [1.807, 2.05) is 13.8 Å². The number of nitrogens with zero attached hydrogens (tertiary/aromatic N) is 2. The van der Waals surface area contributed by atoms with Crippen molar-refractivity contribution in [3.8, 4) is 0 Å². The molecule has 1 saturated carbocycles. The van der Waals surface area contributed by atoms with Gasteiger partial charge < -0.3 is 9.64 Å². The molecule has 0 atom stereocenters. The van der Waals surface area contributed by atoms with Crippen LogP contribution < -0.4 is 10.0 Å². The smallest absolute Gasteiger partial charge is 0.347 e. The predicted octanol–water partition coefficient (Wildman–Crippen LogP) is 3.51. The van der Waals surface area contributed by atoms with Gasteiger partial charge in [0.1, 0.15) is 6.10 Å². The number of aliphatic imine (C=N–C) groups is 1. The van der Waals surface area contributed by atoms with E-state index in [4.69, 9.17) is 4.74 Å². The number of ether oxygens (including phenoxy) is 1. The van der Waals surface area contributed by atoms with E-state index in [-0.39, 0.29) is 17.4 Å². The predicted molar refractivity (Wildman–Crippen MR) is 98.1 cm³/mol. The molecule has 138 valence electrons. The summed E-state index contributed by atoms with van der Waals surface area (Å²) >= 11 is 1.29. The van der Waals surface area contributed by atoms with Crippen LogP contribution in [0.4, 0.5) is 9.59 Å². The minimum Gasteiger partial charge on any atom is -0.461 e. The van der Waals surface area contributed by atoms with Gasteiger partial charge >= 0.3 is 18.1 Å². The molecule has 0 aliphatic heterocycles. The molecule has 1 aliphatic carbocycles. The van der Waals surface area contributed by atoms with E-state index >= 15 is 0 Å². The Morgan fingerprint density at radius 1 is 1.12 bits per heavy atom. The van der Waals surface area contributed by atoms with Gasteiger partial charge in [-0.05, 0) is 37.6 Å².